The number of nitrogens with zero attached hydrogens (tertiary/aromatic N) is 2. The normalized spacial score (nSPS) is 15.4. The molecule has 7 heteroatoms. The number of halogens is 1. The number of ketones is 1. The van der Waals surface area contributed by atoms with Crippen LogP contribution >= 0.6 is 23.4 Å². The number of rotatable bonds is 7. The molecule has 1 aliphatic heterocycles. The molecule has 0 saturated carbocycles. The highest BCUT2D eigenvalue weighted by atomic mass is 35.5. The van der Waals surface area contributed by atoms with Crippen LogP contribution in [0.5, 0.6) is 0 Å². The highest BCUT2D eigenvalue weighted by molar-refractivity contribution is 8.00. The molecule has 1 aliphatic rings. The minimum absolute atomic E-state index is 0.0866. The number of amides is 1. The van der Waals surface area contributed by atoms with Gasteiger partial charge in [-0.25, -0.2) is 0 Å². The van der Waals surface area contributed by atoms with Crippen molar-refractivity contribution in [3.05, 3.63) is 59.1 Å². The molecule has 28 heavy (non-hydrogen) atoms. The van der Waals surface area contributed by atoms with E-state index in [0.29, 0.717) is 28.6 Å². The van der Waals surface area contributed by atoms with Gasteiger partial charge in [0.2, 0.25) is 5.91 Å². The van der Waals surface area contributed by atoms with Crippen molar-refractivity contribution in [2.24, 2.45) is 0 Å². The molecular formula is C21H24ClN3O2S. The van der Waals surface area contributed by atoms with E-state index < -0.39 is 0 Å². The summed E-state index contributed by atoms with van der Waals surface area (Å²) in [6.45, 7) is 4.26. The Bertz CT molecular complexity index is 803. The number of piperazine rings is 1. The Labute approximate surface area is 175 Å². The van der Waals surface area contributed by atoms with E-state index >= 15 is 0 Å². The smallest absolute Gasteiger partial charge is 0.234 e. The summed E-state index contributed by atoms with van der Waals surface area (Å²) >= 11 is 7.31. The summed E-state index contributed by atoms with van der Waals surface area (Å²) in [7, 11) is 2.10. The molecule has 0 bridgehead atoms. The molecule has 5 nitrogen and oxygen atoms in total. The fraction of sp³-hybridized carbons (Fsp3) is 0.333. The van der Waals surface area contributed by atoms with Crippen LogP contribution in [0.25, 0.3) is 0 Å². The van der Waals surface area contributed by atoms with Crippen molar-refractivity contribution >= 4 is 40.7 Å². The number of carbonyl (C=O) groups is 2. The lowest BCUT2D eigenvalue weighted by Gasteiger charge is -2.31. The van der Waals surface area contributed by atoms with Crippen molar-refractivity contribution in [2.45, 2.75) is 4.90 Å². The largest absolute Gasteiger partial charge is 0.325 e. The van der Waals surface area contributed by atoms with Crippen molar-refractivity contribution in [1.82, 2.24) is 9.80 Å². The van der Waals surface area contributed by atoms with Crippen LogP contribution < -0.4 is 5.32 Å². The molecule has 1 N–H and O–H groups in total. The average Bonchev–Trinajstić information content (AvgIpc) is 2.70. The van der Waals surface area contributed by atoms with E-state index in [1.165, 1.54) is 11.8 Å². The second-order valence-corrected chi connectivity index (χ2v) is 8.36. The highest BCUT2D eigenvalue weighted by Crippen LogP contribution is 2.20. The second kappa shape index (κ2) is 10.1. The summed E-state index contributed by atoms with van der Waals surface area (Å²) in [5, 5.41) is 3.54. The maximum absolute atomic E-state index is 12.5. The van der Waals surface area contributed by atoms with Crippen molar-refractivity contribution in [3.63, 3.8) is 0 Å². The van der Waals surface area contributed by atoms with E-state index in [2.05, 4.69) is 22.2 Å². The molecule has 2 aromatic carbocycles. The summed E-state index contributed by atoms with van der Waals surface area (Å²) < 4.78 is 0. The molecule has 0 aliphatic carbocycles. The fourth-order valence-corrected chi connectivity index (χ4v) is 3.74. The quantitative estimate of drug-likeness (QED) is 0.552. The predicted octanol–water partition coefficient (Wildman–Crippen LogP) is 3.50. The van der Waals surface area contributed by atoms with Gasteiger partial charge in [-0.15, -0.1) is 11.8 Å². The molecule has 1 fully saturated rings. The van der Waals surface area contributed by atoms with E-state index in [1.807, 2.05) is 12.1 Å². The zero-order valence-electron chi connectivity index (χ0n) is 15.9. The second-order valence-electron chi connectivity index (χ2n) is 6.87. The van der Waals surface area contributed by atoms with Crippen molar-refractivity contribution in [2.75, 3.05) is 50.8 Å². The van der Waals surface area contributed by atoms with Crippen molar-refractivity contribution < 1.29 is 9.59 Å². The third-order valence-corrected chi connectivity index (χ3v) is 5.90. The van der Waals surface area contributed by atoms with Gasteiger partial charge in [0, 0.05) is 47.3 Å². The van der Waals surface area contributed by atoms with Crippen LogP contribution in [-0.2, 0) is 4.79 Å². The van der Waals surface area contributed by atoms with Gasteiger partial charge in [0.25, 0.3) is 0 Å². The third kappa shape index (κ3) is 6.34. The Hall–Kier alpha value is -1.86. The maximum Gasteiger partial charge on any atom is 0.234 e. The number of nitrogens with one attached hydrogen (secondary N) is 1. The molecule has 0 radical (unpaired) electrons. The third-order valence-electron chi connectivity index (χ3n) is 4.64. The van der Waals surface area contributed by atoms with E-state index in [-0.39, 0.29) is 11.7 Å². The Morgan fingerprint density at radius 2 is 1.64 bits per heavy atom. The van der Waals surface area contributed by atoms with Crippen LogP contribution in [0, 0.1) is 0 Å². The minimum Gasteiger partial charge on any atom is -0.325 e. The molecule has 2 aromatic rings. The molecule has 1 heterocycles. The van der Waals surface area contributed by atoms with Crippen LogP contribution in [0.2, 0.25) is 5.02 Å². The predicted molar refractivity (Wildman–Crippen MR) is 116 cm³/mol. The van der Waals surface area contributed by atoms with E-state index in [0.717, 1.165) is 31.1 Å². The standard InChI is InChI=1S/C21H24ClN3O2S/c1-24-10-12-25(13-11-24)14-20(26)16-2-6-18(7-3-16)23-21(27)15-28-19-8-4-17(22)5-9-19/h2-9H,10-15H2,1H3,(H,23,27). The molecule has 0 atom stereocenters. The Morgan fingerprint density at radius 1 is 1.00 bits per heavy atom. The summed E-state index contributed by atoms with van der Waals surface area (Å²) in [6.07, 6.45) is 0. The van der Waals surface area contributed by atoms with E-state index in [1.54, 1.807) is 36.4 Å². The summed E-state index contributed by atoms with van der Waals surface area (Å²) in [4.78, 5) is 30.0. The van der Waals surface area contributed by atoms with E-state index in [9.17, 15) is 9.59 Å². The van der Waals surface area contributed by atoms with Gasteiger partial charge in [0.05, 0.1) is 12.3 Å². The number of anilines is 1. The number of hydrogen-bond donors (Lipinski definition) is 1. The zero-order valence-corrected chi connectivity index (χ0v) is 17.4. The van der Waals surface area contributed by atoms with Gasteiger partial charge in [-0.1, -0.05) is 11.6 Å². The maximum atomic E-state index is 12.5. The zero-order chi connectivity index (χ0) is 19.9. The summed E-state index contributed by atoms with van der Waals surface area (Å²) in [5.74, 6) is 0.336. The summed E-state index contributed by atoms with van der Waals surface area (Å²) in [6, 6.07) is 14.5. The molecular weight excluding hydrogens is 394 g/mol. The SMILES string of the molecule is CN1CCN(CC(=O)c2ccc(NC(=O)CSc3ccc(Cl)cc3)cc2)CC1. The number of likely N-dealkylation sites (N-methyl/N-ethyl adjacent to an activating group) is 1. The number of carbonyl (C=O) groups excluding carboxylic acids is 2. The lowest BCUT2D eigenvalue weighted by molar-refractivity contribution is -0.113. The van der Waals surface area contributed by atoms with Crippen LogP contribution in [0.1, 0.15) is 10.4 Å². The van der Waals surface area contributed by atoms with Gasteiger partial charge in [-0.2, -0.15) is 0 Å². The molecule has 0 unspecified atom stereocenters. The first-order valence-corrected chi connectivity index (χ1v) is 10.6. The molecule has 1 amide bonds. The van der Waals surface area contributed by atoms with Crippen LogP contribution in [0.4, 0.5) is 5.69 Å². The van der Waals surface area contributed by atoms with E-state index in [4.69, 9.17) is 11.6 Å². The van der Waals surface area contributed by atoms with Crippen molar-refractivity contribution in [3.8, 4) is 0 Å². The molecule has 1 saturated heterocycles. The molecule has 0 aromatic heterocycles. The molecule has 148 valence electrons. The topological polar surface area (TPSA) is 52.6 Å². The lowest BCUT2D eigenvalue weighted by Crippen LogP contribution is -2.46. The molecule has 0 spiro atoms. The minimum atomic E-state index is -0.0866. The Morgan fingerprint density at radius 3 is 2.29 bits per heavy atom. The number of hydrogen-bond acceptors (Lipinski definition) is 5. The number of benzene rings is 2. The van der Waals surface area contributed by atoms with Gasteiger partial charge >= 0.3 is 0 Å². The van der Waals surface area contributed by atoms with Crippen molar-refractivity contribution in [1.29, 1.82) is 0 Å². The average molecular weight is 418 g/mol. The first-order valence-electron chi connectivity index (χ1n) is 9.22. The first-order chi connectivity index (χ1) is 13.5. The summed E-state index contributed by atoms with van der Waals surface area (Å²) in [5.41, 5.74) is 1.37. The number of Topliss-reactive ketones (excluding diaryl/α,β-unsaturated/α-hetero) is 1. The van der Waals surface area contributed by atoms with Gasteiger partial charge in [0.15, 0.2) is 5.78 Å². The Balaban J connectivity index is 1.46. The van der Waals surface area contributed by atoms with Gasteiger partial charge < -0.3 is 10.2 Å². The first kappa shape index (κ1) is 20.9. The monoisotopic (exact) mass is 417 g/mol. The van der Waals surface area contributed by atoms with Crippen LogP contribution in [0.3, 0.4) is 0 Å². The molecule has 3 rings (SSSR count). The fourth-order valence-electron chi connectivity index (χ4n) is 2.92. The van der Waals surface area contributed by atoms with Crippen LogP contribution in [0.15, 0.2) is 53.4 Å². The van der Waals surface area contributed by atoms with Gasteiger partial charge in [-0.3, -0.25) is 14.5 Å². The highest BCUT2D eigenvalue weighted by Gasteiger charge is 2.17. The van der Waals surface area contributed by atoms with Gasteiger partial charge in [0.1, 0.15) is 0 Å². The van der Waals surface area contributed by atoms with Gasteiger partial charge in [-0.05, 0) is 55.6 Å². The van der Waals surface area contributed by atoms with Crippen LogP contribution in [-0.4, -0.2) is 67.0 Å². The number of thioether (sulfide) groups is 1. The Kier molecular flexibility index (Phi) is 7.50. The lowest BCUT2D eigenvalue weighted by atomic mass is 10.1.